The van der Waals surface area contributed by atoms with Gasteiger partial charge in [0.1, 0.15) is 17.3 Å². The van der Waals surface area contributed by atoms with Gasteiger partial charge >= 0.3 is 0 Å². The molecule has 0 aliphatic heterocycles. The number of H-pyrrole nitrogens is 1. The lowest BCUT2D eigenvalue weighted by atomic mass is 10.3. The zero-order chi connectivity index (χ0) is 10.8. The van der Waals surface area contributed by atoms with Gasteiger partial charge in [-0.25, -0.2) is 13.2 Å². The lowest BCUT2D eigenvalue weighted by Crippen LogP contribution is -1.98. The van der Waals surface area contributed by atoms with E-state index in [0.29, 0.717) is 18.0 Å². The number of benzene rings is 1. The van der Waals surface area contributed by atoms with Crippen molar-refractivity contribution in [3.8, 4) is 0 Å². The highest BCUT2D eigenvalue weighted by molar-refractivity contribution is 5.57. The summed E-state index contributed by atoms with van der Waals surface area (Å²) in [4.78, 5) is 0. The van der Waals surface area contributed by atoms with Crippen LogP contribution in [0.1, 0.15) is 0 Å². The third-order valence-electron chi connectivity index (χ3n) is 1.77. The van der Waals surface area contributed by atoms with E-state index in [1.807, 2.05) is 0 Å². The van der Waals surface area contributed by atoms with Crippen LogP contribution in [0.5, 0.6) is 0 Å². The van der Waals surface area contributed by atoms with Crippen LogP contribution in [-0.4, -0.2) is 10.2 Å². The number of hydrogen-bond acceptors (Lipinski definition) is 2. The molecule has 0 radical (unpaired) electrons. The van der Waals surface area contributed by atoms with Crippen LogP contribution >= 0.6 is 0 Å². The first kappa shape index (κ1) is 9.57. The van der Waals surface area contributed by atoms with E-state index in [2.05, 4.69) is 15.5 Å². The van der Waals surface area contributed by atoms with Crippen molar-refractivity contribution in [1.29, 1.82) is 0 Å². The molecule has 0 saturated heterocycles. The molecule has 1 aromatic heterocycles. The Morgan fingerprint density at radius 3 is 2.33 bits per heavy atom. The minimum Gasteiger partial charge on any atom is -0.336 e. The average Bonchev–Trinajstić information content (AvgIpc) is 2.63. The van der Waals surface area contributed by atoms with Crippen LogP contribution in [0.2, 0.25) is 0 Å². The van der Waals surface area contributed by atoms with E-state index < -0.39 is 23.1 Å². The number of nitrogens with one attached hydrogen (secondary N) is 2. The first-order valence-electron chi connectivity index (χ1n) is 4.08. The maximum atomic E-state index is 13.1. The zero-order valence-corrected chi connectivity index (χ0v) is 7.39. The normalized spacial score (nSPS) is 10.3. The van der Waals surface area contributed by atoms with Gasteiger partial charge in [0, 0.05) is 18.2 Å². The van der Waals surface area contributed by atoms with Gasteiger partial charge in [0.15, 0.2) is 11.6 Å². The maximum absolute atomic E-state index is 13.1. The first-order valence-corrected chi connectivity index (χ1v) is 4.08. The Balaban J connectivity index is 2.36. The fraction of sp³-hybridized carbons (Fsp3) is 0. The average molecular weight is 213 g/mol. The van der Waals surface area contributed by atoms with Crippen molar-refractivity contribution in [2.45, 2.75) is 0 Å². The Bertz CT molecular complexity index is 444. The number of aromatic amines is 1. The summed E-state index contributed by atoms with van der Waals surface area (Å²) >= 11 is 0. The van der Waals surface area contributed by atoms with E-state index in [-0.39, 0.29) is 0 Å². The summed E-state index contributed by atoms with van der Waals surface area (Å²) in [5.74, 6) is -2.64. The molecule has 6 heteroatoms. The summed E-state index contributed by atoms with van der Waals surface area (Å²) in [7, 11) is 0. The first-order chi connectivity index (χ1) is 7.16. The second-order valence-corrected chi connectivity index (χ2v) is 2.84. The van der Waals surface area contributed by atoms with Gasteiger partial charge < -0.3 is 5.32 Å². The second-order valence-electron chi connectivity index (χ2n) is 2.84. The minimum atomic E-state index is -0.998. The summed E-state index contributed by atoms with van der Waals surface area (Å²) < 4.78 is 38.8. The highest BCUT2D eigenvalue weighted by atomic mass is 19.1. The molecule has 1 heterocycles. The van der Waals surface area contributed by atoms with E-state index in [1.54, 1.807) is 0 Å². The molecule has 1 aromatic carbocycles. The molecule has 3 nitrogen and oxygen atoms in total. The van der Waals surface area contributed by atoms with E-state index in [1.165, 1.54) is 12.3 Å². The highest BCUT2D eigenvalue weighted by Gasteiger charge is 2.11. The second kappa shape index (κ2) is 3.64. The standard InChI is InChI=1S/C9H6F3N3/c10-5-3-6(11)9(7(12)4-5)14-8-1-2-13-15-8/h1-4H,(H2,13,14,15). The maximum Gasteiger partial charge on any atom is 0.152 e. The van der Waals surface area contributed by atoms with Crippen LogP contribution in [0.3, 0.4) is 0 Å². The predicted octanol–water partition coefficient (Wildman–Crippen LogP) is 2.57. The lowest BCUT2D eigenvalue weighted by molar-refractivity contribution is 0.549. The Labute approximate surface area is 82.9 Å². The number of aromatic nitrogens is 2. The predicted molar refractivity (Wildman–Crippen MR) is 48.2 cm³/mol. The molecular weight excluding hydrogens is 207 g/mol. The molecular formula is C9H6F3N3. The lowest BCUT2D eigenvalue weighted by Gasteiger charge is -2.06. The van der Waals surface area contributed by atoms with Crippen molar-refractivity contribution in [2.75, 3.05) is 5.32 Å². The molecule has 0 fully saturated rings. The molecule has 15 heavy (non-hydrogen) atoms. The van der Waals surface area contributed by atoms with E-state index in [9.17, 15) is 13.2 Å². The number of anilines is 2. The van der Waals surface area contributed by atoms with Gasteiger partial charge in [0.2, 0.25) is 0 Å². The Morgan fingerprint density at radius 2 is 1.80 bits per heavy atom. The van der Waals surface area contributed by atoms with Crippen LogP contribution < -0.4 is 5.32 Å². The summed E-state index contributed by atoms with van der Waals surface area (Å²) in [5, 5.41) is 8.47. The van der Waals surface area contributed by atoms with Crippen LogP contribution in [0.25, 0.3) is 0 Å². The third kappa shape index (κ3) is 1.93. The van der Waals surface area contributed by atoms with Gasteiger partial charge in [-0.05, 0) is 0 Å². The van der Waals surface area contributed by atoms with Crippen molar-refractivity contribution in [3.63, 3.8) is 0 Å². The monoisotopic (exact) mass is 213 g/mol. The smallest absolute Gasteiger partial charge is 0.152 e. The molecule has 0 bridgehead atoms. The largest absolute Gasteiger partial charge is 0.336 e. The molecule has 0 aliphatic rings. The van der Waals surface area contributed by atoms with Gasteiger partial charge in [-0.15, -0.1) is 0 Å². The Morgan fingerprint density at radius 1 is 1.13 bits per heavy atom. The topological polar surface area (TPSA) is 40.7 Å². The fourth-order valence-electron chi connectivity index (χ4n) is 1.12. The number of halogens is 3. The summed E-state index contributed by atoms with van der Waals surface area (Å²) in [5.41, 5.74) is -0.416. The van der Waals surface area contributed by atoms with E-state index >= 15 is 0 Å². The molecule has 2 aromatic rings. The van der Waals surface area contributed by atoms with Crippen LogP contribution in [0.15, 0.2) is 24.4 Å². The summed E-state index contributed by atoms with van der Waals surface area (Å²) in [6, 6.07) is 2.69. The van der Waals surface area contributed by atoms with Gasteiger partial charge in [-0.1, -0.05) is 0 Å². The fourth-order valence-corrected chi connectivity index (χ4v) is 1.12. The molecule has 2 rings (SSSR count). The van der Waals surface area contributed by atoms with Gasteiger partial charge in [0.25, 0.3) is 0 Å². The summed E-state index contributed by atoms with van der Waals surface area (Å²) in [6.45, 7) is 0. The molecule has 0 aliphatic carbocycles. The highest BCUT2D eigenvalue weighted by Crippen LogP contribution is 2.22. The number of rotatable bonds is 2. The SMILES string of the molecule is Fc1cc(F)c(Nc2ccn[nH]2)c(F)c1. The number of hydrogen-bond donors (Lipinski definition) is 2. The van der Waals surface area contributed by atoms with Gasteiger partial charge in [0.05, 0.1) is 6.20 Å². The molecule has 0 atom stereocenters. The zero-order valence-electron chi connectivity index (χ0n) is 7.39. The van der Waals surface area contributed by atoms with Crippen LogP contribution in [0, 0.1) is 17.5 Å². The Kier molecular flexibility index (Phi) is 2.32. The molecule has 0 unspecified atom stereocenters. The molecule has 0 spiro atoms. The van der Waals surface area contributed by atoms with Crippen LogP contribution in [-0.2, 0) is 0 Å². The van der Waals surface area contributed by atoms with Crippen molar-refractivity contribution in [3.05, 3.63) is 41.8 Å². The molecule has 2 N–H and O–H groups in total. The van der Waals surface area contributed by atoms with Crippen molar-refractivity contribution in [2.24, 2.45) is 0 Å². The summed E-state index contributed by atoms with van der Waals surface area (Å²) in [6.07, 6.45) is 1.42. The van der Waals surface area contributed by atoms with Crippen molar-refractivity contribution < 1.29 is 13.2 Å². The quantitative estimate of drug-likeness (QED) is 0.804. The van der Waals surface area contributed by atoms with E-state index in [4.69, 9.17) is 0 Å². The molecule has 0 amide bonds. The Hall–Kier alpha value is -1.98. The molecule has 0 saturated carbocycles. The van der Waals surface area contributed by atoms with E-state index in [0.717, 1.165) is 0 Å². The van der Waals surface area contributed by atoms with Crippen LogP contribution in [0.4, 0.5) is 24.7 Å². The van der Waals surface area contributed by atoms with Crippen molar-refractivity contribution in [1.82, 2.24) is 10.2 Å². The molecule has 78 valence electrons. The third-order valence-corrected chi connectivity index (χ3v) is 1.77. The minimum absolute atomic E-state index is 0.319. The van der Waals surface area contributed by atoms with Gasteiger partial charge in [-0.3, -0.25) is 5.10 Å². The van der Waals surface area contributed by atoms with Gasteiger partial charge in [-0.2, -0.15) is 5.10 Å². The number of nitrogens with zero attached hydrogens (tertiary/aromatic N) is 1. The van der Waals surface area contributed by atoms with Crippen molar-refractivity contribution >= 4 is 11.5 Å².